The fourth-order valence-corrected chi connectivity index (χ4v) is 4.62. The Hall–Kier alpha value is -1.55. The summed E-state index contributed by atoms with van der Waals surface area (Å²) in [7, 11) is 0. The first-order valence-electron chi connectivity index (χ1n) is 9.65. The Morgan fingerprint density at radius 2 is 2.00 bits per heavy atom. The molecule has 2 amide bonds. The minimum absolute atomic E-state index is 0.0549. The molecule has 0 radical (unpaired) electrons. The molecule has 2 saturated heterocycles. The molecule has 0 aliphatic carbocycles. The van der Waals surface area contributed by atoms with Crippen molar-refractivity contribution in [2.24, 2.45) is 0 Å². The molecule has 2 aliphatic rings. The number of aryl methyl sites for hydroxylation is 1. The van der Waals surface area contributed by atoms with E-state index in [1.807, 2.05) is 36.1 Å². The van der Waals surface area contributed by atoms with Crippen LogP contribution in [0.3, 0.4) is 0 Å². The van der Waals surface area contributed by atoms with Gasteiger partial charge in [0.2, 0.25) is 0 Å². The molecule has 4 heteroatoms. The van der Waals surface area contributed by atoms with Crippen molar-refractivity contribution in [3.63, 3.8) is 0 Å². The topological polar surface area (TPSA) is 45.6 Å². The number of hydrogen-bond donors (Lipinski definition) is 3. The second kappa shape index (κ2) is 8.02. The van der Waals surface area contributed by atoms with E-state index in [1.165, 1.54) is 38.6 Å². The van der Waals surface area contributed by atoms with Gasteiger partial charge in [0, 0.05) is 24.6 Å². The van der Waals surface area contributed by atoms with Crippen molar-refractivity contribution in [2.45, 2.75) is 76.9 Å². The van der Waals surface area contributed by atoms with Crippen LogP contribution in [-0.2, 0) is 0 Å². The van der Waals surface area contributed by atoms with E-state index >= 15 is 0 Å². The maximum absolute atomic E-state index is 12.3. The monoisotopic (exact) mass is 330 g/mol. The van der Waals surface area contributed by atoms with E-state index in [0.717, 1.165) is 36.2 Å². The number of piperidine rings is 2. The molecule has 0 saturated carbocycles. The maximum Gasteiger partial charge on any atom is 0.319 e. The summed E-state index contributed by atoms with van der Waals surface area (Å²) in [4.78, 5) is 14.2. The van der Waals surface area contributed by atoms with E-state index in [-0.39, 0.29) is 6.03 Å². The lowest BCUT2D eigenvalue weighted by Crippen LogP contribution is -3.21. The SMILES string of the molecule is CCCC[NH+]1[C@@H]2CCC[C@H]1CC(NC(=O)Nc1cccc(C)c1)C2. The molecule has 3 rings (SSSR count). The number of benzene rings is 1. The predicted octanol–water partition coefficient (Wildman–Crippen LogP) is 2.89. The molecule has 4 atom stereocenters. The minimum Gasteiger partial charge on any atom is -0.335 e. The van der Waals surface area contributed by atoms with Gasteiger partial charge in [-0.2, -0.15) is 0 Å². The van der Waals surface area contributed by atoms with Crippen molar-refractivity contribution in [2.75, 3.05) is 11.9 Å². The molecular formula is C20H32N3O+. The number of quaternary nitrogens is 1. The average Bonchev–Trinajstić information content (AvgIpc) is 2.52. The molecule has 0 spiro atoms. The first-order chi connectivity index (χ1) is 11.7. The van der Waals surface area contributed by atoms with E-state index in [2.05, 4.69) is 17.6 Å². The molecule has 2 bridgehead atoms. The molecule has 24 heavy (non-hydrogen) atoms. The van der Waals surface area contributed by atoms with Gasteiger partial charge in [0.1, 0.15) is 0 Å². The van der Waals surface area contributed by atoms with Gasteiger partial charge < -0.3 is 15.5 Å². The molecule has 3 N–H and O–H groups in total. The number of hydrogen-bond acceptors (Lipinski definition) is 1. The summed E-state index contributed by atoms with van der Waals surface area (Å²) < 4.78 is 0. The fourth-order valence-electron chi connectivity index (χ4n) is 4.62. The zero-order chi connectivity index (χ0) is 16.9. The van der Waals surface area contributed by atoms with Gasteiger partial charge >= 0.3 is 6.03 Å². The van der Waals surface area contributed by atoms with Crippen molar-refractivity contribution in [3.05, 3.63) is 29.8 Å². The Labute approximate surface area is 146 Å². The molecule has 2 unspecified atom stereocenters. The van der Waals surface area contributed by atoms with Crippen molar-refractivity contribution in [1.29, 1.82) is 0 Å². The summed E-state index contributed by atoms with van der Waals surface area (Å²) in [5.41, 5.74) is 2.04. The largest absolute Gasteiger partial charge is 0.335 e. The quantitative estimate of drug-likeness (QED) is 0.764. The van der Waals surface area contributed by atoms with E-state index < -0.39 is 0 Å². The third-order valence-corrected chi connectivity index (χ3v) is 5.72. The highest BCUT2D eigenvalue weighted by atomic mass is 16.2. The van der Waals surface area contributed by atoms with E-state index in [9.17, 15) is 4.79 Å². The number of anilines is 1. The van der Waals surface area contributed by atoms with E-state index in [1.54, 1.807) is 0 Å². The second-order valence-electron chi connectivity index (χ2n) is 7.64. The maximum atomic E-state index is 12.3. The second-order valence-corrected chi connectivity index (χ2v) is 7.64. The van der Waals surface area contributed by atoms with Crippen LogP contribution in [0.15, 0.2) is 24.3 Å². The van der Waals surface area contributed by atoms with Crippen LogP contribution in [0, 0.1) is 6.92 Å². The van der Waals surface area contributed by atoms with Crippen LogP contribution in [0.5, 0.6) is 0 Å². The van der Waals surface area contributed by atoms with Crippen molar-refractivity contribution in [3.8, 4) is 0 Å². The number of fused-ring (bicyclic) bond motifs is 2. The Kier molecular flexibility index (Phi) is 5.77. The molecule has 2 fully saturated rings. The van der Waals surface area contributed by atoms with Crippen LogP contribution in [-0.4, -0.2) is 30.7 Å². The third kappa shape index (κ3) is 4.29. The van der Waals surface area contributed by atoms with Gasteiger partial charge in [0.05, 0.1) is 18.6 Å². The Morgan fingerprint density at radius 3 is 2.67 bits per heavy atom. The number of carbonyl (C=O) groups is 1. The highest BCUT2D eigenvalue weighted by molar-refractivity contribution is 5.89. The van der Waals surface area contributed by atoms with Crippen LogP contribution in [0.2, 0.25) is 0 Å². The molecule has 4 nitrogen and oxygen atoms in total. The Balaban J connectivity index is 1.54. The van der Waals surface area contributed by atoms with Crippen LogP contribution >= 0.6 is 0 Å². The summed E-state index contributed by atoms with van der Waals surface area (Å²) in [6, 6.07) is 9.73. The molecule has 1 aromatic carbocycles. The predicted molar refractivity (Wildman–Crippen MR) is 98.5 cm³/mol. The lowest BCUT2D eigenvalue weighted by atomic mass is 9.81. The van der Waals surface area contributed by atoms with Crippen molar-refractivity contribution >= 4 is 11.7 Å². The molecule has 2 aliphatic heterocycles. The number of nitrogens with one attached hydrogen (secondary N) is 3. The van der Waals surface area contributed by atoms with Crippen molar-refractivity contribution in [1.82, 2.24) is 5.32 Å². The highest BCUT2D eigenvalue weighted by Crippen LogP contribution is 2.22. The van der Waals surface area contributed by atoms with Gasteiger partial charge in [0.25, 0.3) is 0 Å². The zero-order valence-corrected chi connectivity index (χ0v) is 15.1. The first-order valence-corrected chi connectivity index (χ1v) is 9.65. The van der Waals surface area contributed by atoms with Gasteiger partial charge in [-0.05, 0) is 50.3 Å². The number of unbranched alkanes of at least 4 members (excludes halogenated alkanes) is 1. The number of carbonyl (C=O) groups excluding carboxylic acids is 1. The van der Waals surface area contributed by atoms with Gasteiger partial charge in [0.15, 0.2) is 0 Å². The van der Waals surface area contributed by atoms with Crippen LogP contribution < -0.4 is 15.5 Å². The first kappa shape index (κ1) is 17.3. The average molecular weight is 330 g/mol. The summed E-state index contributed by atoms with van der Waals surface area (Å²) in [6.07, 6.45) is 8.90. The number of rotatable bonds is 5. The van der Waals surface area contributed by atoms with E-state index in [4.69, 9.17) is 0 Å². The van der Waals surface area contributed by atoms with Crippen LogP contribution in [0.4, 0.5) is 10.5 Å². The van der Waals surface area contributed by atoms with Crippen LogP contribution in [0.25, 0.3) is 0 Å². The van der Waals surface area contributed by atoms with Crippen LogP contribution in [0.1, 0.15) is 57.4 Å². The smallest absolute Gasteiger partial charge is 0.319 e. The van der Waals surface area contributed by atoms with Crippen molar-refractivity contribution < 1.29 is 9.69 Å². The van der Waals surface area contributed by atoms with Gasteiger partial charge in [-0.1, -0.05) is 25.5 Å². The molecular weight excluding hydrogens is 298 g/mol. The zero-order valence-electron chi connectivity index (χ0n) is 15.1. The molecule has 2 heterocycles. The van der Waals surface area contributed by atoms with Gasteiger partial charge in [-0.25, -0.2) is 4.79 Å². The highest BCUT2D eigenvalue weighted by Gasteiger charge is 2.41. The van der Waals surface area contributed by atoms with E-state index in [0.29, 0.717) is 6.04 Å². The summed E-state index contributed by atoms with van der Waals surface area (Å²) in [6.45, 7) is 5.63. The third-order valence-electron chi connectivity index (χ3n) is 5.72. The summed E-state index contributed by atoms with van der Waals surface area (Å²) in [5, 5.41) is 6.21. The Bertz CT molecular complexity index is 546. The number of amides is 2. The number of urea groups is 1. The molecule has 132 valence electrons. The summed E-state index contributed by atoms with van der Waals surface area (Å²) >= 11 is 0. The fraction of sp³-hybridized carbons (Fsp3) is 0.650. The minimum atomic E-state index is -0.0549. The lowest BCUT2D eigenvalue weighted by Gasteiger charge is -2.46. The standard InChI is InChI=1S/C20H31N3O/c1-3-4-11-23-18-9-6-10-19(23)14-17(13-18)22-20(24)21-16-8-5-7-15(2)12-16/h5,7-8,12,17-19H,3-4,6,9-11,13-14H2,1-2H3,(H2,21,22,24)/p+1/t17?,18-,19+. The lowest BCUT2D eigenvalue weighted by molar-refractivity contribution is -0.961. The molecule has 1 aromatic rings. The van der Waals surface area contributed by atoms with Gasteiger partial charge in [-0.3, -0.25) is 0 Å². The molecule has 0 aromatic heterocycles. The van der Waals surface area contributed by atoms with Gasteiger partial charge in [-0.15, -0.1) is 0 Å². The Morgan fingerprint density at radius 1 is 1.25 bits per heavy atom. The normalized spacial score (nSPS) is 29.1. The summed E-state index contributed by atoms with van der Waals surface area (Å²) in [5.74, 6) is 0.